The maximum atomic E-state index is 13.6. The van der Waals surface area contributed by atoms with E-state index in [2.05, 4.69) is 20.2 Å². The topological polar surface area (TPSA) is 93.8 Å². The molecule has 1 N–H and O–H groups in total. The predicted molar refractivity (Wildman–Crippen MR) is 108 cm³/mol. The molecule has 8 nitrogen and oxygen atoms in total. The summed E-state index contributed by atoms with van der Waals surface area (Å²) in [6.45, 7) is 0. The number of alkyl halides is 2. The normalized spacial score (nSPS) is 23.9. The highest BCUT2D eigenvalue weighted by Crippen LogP contribution is 2.47. The van der Waals surface area contributed by atoms with Gasteiger partial charge in [-0.3, -0.25) is 4.79 Å². The minimum absolute atomic E-state index is 0.0426. The van der Waals surface area contributed by atoms with Crippen LogP contribution in [0.25, 0.3) is 16.7 Å². The van der Waals surface area contributed by atoms with Crippen molar-refractivity contribution in [1.82, 2.24) is 34.3 Å². The fourth-order valence-electron chi connectivity index (χ4n) is 4.87. The van der Waals surface area contributed by atoms with Crippen LogP contribution in [0, 0.1) is 0 Å². The molecule has 2 aliphatic rings. The van der Waals surface area contributed by atoms with Gasteiger partial charge in [0.15, 0.2) is 11.3 Å². The van der Waals surface area contributed by atoms with Crippen molar-refractivity contribution in [3.05, 3.63) is 52.6 Å². The highest BCUT2D eigenvalue weighted by Gasteiger charge is 2.39. The molecule has 0 amide bonds. The van der Waals surface area contributed by atoms with E-state index in [1.165, 1.54) is 6.20 Å². The minimum atomic E-state index is -2.61. The number of nitrogens with one attached hydrogen (secondary N) is 1. The van der Waals surface area contributed by atoms with E-state index in [1.54, 1.807) is 15.4 Å². The monoisotopic (exact) mass is 425 g/mol. The van der Waals surface area contributed by atoms with Gasteiger partial charge in [-0.2, -0.15) is 10.2 Å². The van der Waals surface area contributed by atoms with E-state index in [4.69, 9.17) is 4.98 Å². The van der Waals surface area contributed by atoms with Crippen LogP contribution in [0.3, 0.4) is 0 Å². The van der Waals surface area contributed by atoms with Gasteiger partial charge < -0.3 is 4.98 Å². The lowest BCUT2D eigenvalue weighted by atomic mass is 9.71. The Morgan fingerprint density at radius 3 is 2.61 bits per heavy atom. The van der Waals surface area contributed by atoms with E-state index in [0.29, 0.717) is 29.7 Å². The van der Waals surface area contributed by atoms with Gasteiger partial charge in [0.1, 0.15) is 11.2 Å². The van der Waals surface area contributed by atoms with Crippen LogP contribution in [-0.4, -0.2) is 40.3 Å². The largest absolute Gasteiger partial charge is 0.310 e. The number of H-pyrrole nitrogens is 1. The Morgan fingerprint density at radius 2 is 1.87 bits per heavy atom. The van der Waals surface area contributed by atoms with Crippen molar-refractivity contribution in [2.24, 2.45) is 0 Å². The third kappa shape index (κ3) is 3.03. The summed E-state index contributed by atoms with van der Waals surface area (Å²) in [6.07, 6.45) is 7.30. The van der Waals surface area contributed by atoms with Crippen molar-refractivity contribution in [3.63, 3.8) is 0 Å². The molecule has 31 heavy (non-hydrogen) atoms. The second-order valence-corrected chi connectivity index (χ2v) is 8.65. The molecule has 0 aliphatic heterocycles. The first-order valence-electron chi connectivity index (χ1n) is 10.6. The first kappa shape index (κ1) is 18.6. The fraction of sp³-hybridized carbons (Fsp3) is 0.476. The number of hydrogen-bond donors (Lipinski definition) is 1. The molecule has 2 fully saturated rings. The Balaban J connectivity index is 1.35. The van der Waals surface area contributed by atoms with E-state index in [0.717, 1.165) is 24.2 Å². The zero-order valence-electron chi connectivity index (χ0n) is 16.7. The Morgan fingerprint density at radius 1 is 1.06 bits per heavy atom. The maximum absolute atomic E-state index is 13.6. The average molecular weight is 425 g/mol. The van der Waals surface area contributed by atoms with Crippen LogP contribution in [-0.2, 0) is 0 Å². The number of aromatic nitrogens is 7. The molecule has 4 aromatic rings. The lowest BCUT2D eigenvalue weighted by molar-refractivity contribution is -0.0446. The van der Waals surface area contributed by atoms with Crippen LogP contribution in [0.1, 0.15) is 67.9 Å². The van der Waals surface area contributed by atoms with E-state index >= 15 is 0 Å². The highest BCUT2D eigenvalue weighted by atomic mass is 19.3. The molecule has 0 unspecified atom stereocenters. The lowest BCUT2D eigenvalue weighted by Crippen LogP contribution is -2.28. The van der Waals surface area contributed by atoms with Gasteiger partial charge in [-0.15, -0.1) is 0 Å². The number of rotatable bonds is 3. The summed E-state index contributed by atoms with van der Waals surface area (Å²) >= 11 is 0. The zero-order chi connectivity index (χ0) is 21.2. The van der Waals surface area contributed by atoms with Gasteiger partial charge in [0.2, 0.25) is 5.92 Å². The summed E-state index contributed by atoms with van der Waals surface area (Å²) in [4.78, 5) is 25.1. The summed E-state index contributed by atoms with van der Waals surface area (Å²) in [5.74, 6) is -1.81. The van der Waals surface area contributed by atoms with E-state index in [1.807, 2.05) is 18.3 Å². The van der Waals surface area contributed by atoms with Gasteiger partial charge in [0.05, 0.1) is 24.1 Å². The van der Waals surface area contributed by atoms with E-state index in [-0.39, 0.29) is 36.3 Å². The Labute approximate surface area is 175 Å². The molecular formula is C21H21F2N7O. The van der Waals surface area contributed by atoms with Crippen molar-refractivity contribution >= 4 is 16.7 Å². The summed E-state index contributed by atoms with van der Waals surface area (Å²) in [5.41, 5.74) is 1.96. The molecule has 0 radical (unpaired) electrons. The molecule has 10 heteroatoms. The molecule has 0 bridgehead atoms. The van der Waals surface area contributed by atoms with Crippen molar-refractivity contribution in [3.8, 4) is 0 Å². The van der Waals surface area contributed by atoms with Gasteiger partial charge in [-0.25, -0.2) is 27.9 Å². The Hall–Kier alpha value is -3.17. The summed E-state index contributed by atoms with van der Waals surface area (Å²) < 4.78 is 30.6. The summed E-state index contributed by atoms with van der Waals surface area (Å²) in [6, 6.07) is 3.59. The molecule has 2 aliphatic carbocycles. The van der Waals surface area contributed by atoms with E-state index in [9.17, 15) is 13.6 Å². The second-order valence-electron chi connectivity index (χ2n) is 8.65. The number of nitrogens with zero attached hydrogens (tertiary/aromatic N) is 6. The van der Waals surface area contributed by atoms with Gasteiger partial charge >= 0.3 is 0 Å². The number of fused-ring (bicyclic) bond motifs is 2. The van der Waals surface area contributed by atoms with Gasteiger partial charge in [0, 0.05) is 30.9 Å². The zero-order valence-corrected chi connectivity index (χ0v) is 16.7. The van der Waals surface area contributed by atoms with Gasteiger partial charge in [0.25, 0.3) is 5.56 Å². The van der Waals surface area contributed by atoms with Crippen LogP contribution in [0.5, 0.6) is 0 Å². The van der Waals surface area contributed by atoms with E-state index < -0.39 is 5.92 Å². The van der Waals surface area contributed by atoms with Crippen LogP contribution >= 0.6 is 0 Å². The summed E-state index contributed by atoms with van der Waals surface area (Å²) in [5, 5.41) is 9.02. The van der Waals surface area contributed by atoms with Crippen LogP contribution in [0.4, 0.5) is 8.78 Å². The molecule has 160 valence electrons. The average Bonchev–Trinajstić information content (AvgIpc) is 3.31. The van der Waals surface area contributed by atoms with Crippen molar-refractivity contribution in [1.29, 1.82) is 0 Å². The molecule has 0 saturated heterocycles. The Bertz CT molecular complexity index is 1300. The molecular weight excluding hydrogens is 404 g/mol. The van der Waals surface area contributed by atoms with Crippen molar-refractivity contribution in [2.45, 2.75) is 62.3 Å². The van der Waals surface area contributed by atoms with Gasteiger partial charge in [-0.1, -0.05) is 0 Å². The second kappa shape index (κ2) is 6.66. The molecule has 2 saturated carbocycles. The molecule has 6 rings (SSSR count). The number of hydrogen-bond acceptors (Lipinski definition) is 5. The molecule has 0 spiro atoms. The standard InChI is InChI=1S/C21H21F2N7O/c22-21(23)7-5-12(6-8-21)30-19-15(10-25-30)20(31)28-18(27-19)14-4-3-13(14)16-11-29-17(26-16)2-1-9-24-29/h1-2,9-14H,3-8H2,(H,27,28,31)/t13-,14+/m1/s1. The first-order chi connectivity index (χ1) is 15.0. The SMILES string of the molecule is O=c1[nH]c([C@H]2CC[C@H]2c2cn3ncccc3n2)nc2c1cnn2C1CCC(F)(F)CC1. The third-order valence-electron chi connectivity index (χ3n) is 6.78. The molecule has 0 aromatic carbocycles. The molecule has 2 atom stereocenters. The van der Waals surface area contributed by atoms with Crippen LogP contribution in [0.2, 0.25) is 0 Å². The number of aromatic amines is 1. The fourth-order valence-corrected chi connectivity index (χ4v) is 4.87. The highest BCUT2D eigenvalue weighted by molar-refractivity contribution is 5.73. The number of halogens is 2. The predicted octanol–water partition coefficient (Wildman–Crippen LogP) is 3.57. The smallest absolute Gasteiger partial charge is 0.262 e. The first-order valence-corrected chi connectivity index (χ1v) is 10.6. The summed E-state index contributed by atoms with van der Waals surface area (Å²) in [7, 11) is 0. The van der Waals surface area contributed by atoms with Crippen LogP contribution < -0.4 is 5.56 Å². The molecule has 4 heterocycles. The Kier molecular flexibility index (Phi) is 4.00. The molecule has 4 aromatic heterocycles. The lowest BCUT2D eigenvalue weighted by Gasteiger charge is -2.34. The van der Waals surface area contributed by atoms with Crippen molar-refractivity contribution in [2.75, 3.05) is 0 Å². The van der Waals surface area contributed by atoms with Crippen LogP contribution in [0.15, 0.2) is 35.5 Å². The van der Waals surface area contributed by atoms with Crippen molar-refractivity contribution < 1.29 is 8.78 Å². The third-order valence-corrected chi connectivity index (χ3v) is 6.78. The number of imidazole rings is 1. The van der Waals surface area contributed by atoms with Gasteiger partial charge in [-0.05, 0) is 37.8 Å². The maximum Gasteiger partial charge on any atom is 0.262 e. The quantitative estimate of drug-likeness (QED) is 0.542. The minimum Gasteiger partial charge on any atom is -0.310 e.